The van der Waals surface area contributed by atoms with E-state index in [1.807, 2.05) is 6.26 Å². The van der Waals surface area contributed by atoms with Gasteiger partial charge in [0, 0.05) is 6.66 Å². The topological polar surface area (TPSA) is 17.1 Å². The third-order valence-corrected chi connectivity index (χ3v) is 2.31. The summed E-state index contributed by atoms with van der Waals surface area (Å²) in [7, 11) is -0.932. The third-order valence-electron chi connectivity index (χ3n) is 0.257. The lowest BCUT2D eigenvalue weighted by Gasteiger charge is -1.72. The normalized spacial score (nSPS) is 11.2. The molecule has 1 atom stereocenters. The van der Waals surface area contributed by atoms with Gasteiger partial charge in [-0.25, -0.2) is 0 Å². The van der Waals surface area contributed by atoms with Crippen LogP contribution in [-0.4, -0.2) is 12.9 Å². The van der Waals surface area contributed by atoms with E-state index in [0.717, 1.165) is 0 Å². The molecule has 3 heteroatoms. The highest BCUT2D eigenvalue weighted by Crippen LogP contribution is 2.28. The van der Waals surface area contributed by atoms with E-state index in [4.69, 9.17) is 0 Å². The zero-order valence-corrected chi connectivity index (χ0v) is 4.97. The Morgan fingerprint density at radius 1 is 1.80 bits per heavy atom. The maximum absolute atomic E-state index is 9.92. The minimum atomic E-state index is -0.932. The molecule has 31 valence electrons. The molecule has 0 spiro atoms. The van der Waals surface area contributed by atoms with E-state index in [-0.39, 0.29) is 0 Å². The van der Waals surface area contributed by atoms with E-state index in [9.17, 15) is 4.57 Å². The molecule has 0 bridgehead atoms. The van der Waals surface area contributed by atoms with Gasteiger partial charge in [0.05, 0.1) is 0 Å². The van der Waals surface area contributed by atoms with Gasteiger partial charge in [0.1, 0.15) is 7.00 Å². The smallest absolute Gasteiger partial charge is 0.129 e. The summed E-state index contributed by atoms with van der Waals surface area (Å²) < 4.78 is 9.92. The zero-order valence-electron chi connectivity index (χ0n) is 3.26. The van der Waals surface area contributed by atoms with Crippen molar-refractivity contribution in [1.82, 2.24) is 0 Å². The Balaban J connectivity index is 2.85. The van der Waals surface area contributed by atoms with Crippen molar-refractivity contribution in [3.05, 3.63) is 0 Å². The van der Waals surface area contributed by atoms with Gasteiger partial charge in [0.2, 0.25) is 0 Å². The Hall–Kier alpha value is 0.450. The SMILES string of the molecule is CS[P](C)=O. The van der Waals surface area contributed by atoms with Crippen LogP contribution in [0.1, 0.15) is 0 Å². The van der Waals surface area contributed by atoms with Gasteiger partial charge in [-0.15, -0.1) is 0 Å². The Bertz CT molecular complexity index is 44.9. The highest BCUT2D eigenvalue weighted by Gasteiger charge is 1.75. The molecule has 0 heterocycles. The zero-order chi connectivity index (χ0) is 4.28. The summed E-state index contributed by atoms with van der Waals surface area (Å²) in [6, 6.07) is 0. The van der Waals surface area contributed by atoms with Crippen LogP contribution in [0.3, 0.4) is 0 Å². The van der Waals surface area contributed by atoms with E-state index in [2.05, 4.69) is 0 Å². The molecule has 0 aromatic carbocycles. The summed E-state index contributed by atoms with van der Waals surface area (Å²) in [5.41, 5.74) is 0. The quantitative estimate of drug-likeness (QED) is 0.477. The Morgan fingerprint density at radius 3 is 2.00 bits per heavy atom. The van der Waals surface area contributed by atoms with Crippen molar-refractivity contribution in [3.8, 4) is 0 Å². The van der Waals surface area contributed by atoms with E-state index < -0.39 is 7.00 Å². The Labute approximate surface area is 36.7 Å². The molecule has 5 heavy (non-hydrogen) atoms. The predicted octanol–water partition coefficient (Wildman–Crippen LogP) is 1.72. The second-order valence-electron chi connectivity index (χ2n) is 0.622. The fourth-order valence-corrected chi connectivity index (χ4v) is 0. The average molecular weight is 109 g/mol. The summed E-state index contributed by atoms with van der Waals surface area (Å²) in [5, 5.41) is 0. The molecule has 0 aliphatic rings. The molecule has 0 saturated carbocycles. The largest absolute Gasteiger partial charge is 0.276 e. The van der Waals surface area contributed by atoms with E-state index >= 15 is 0 Å². The standard InChI is InChI=1S/C2H6OPS/c1-4(3)5-2/h1-2H3. The lowest BCUT2D eigenvalue weighted by molar-refractivity contribution is 0.599. The molecule has 0 rings (SSSR count). The number of rotatable bonds is 1. The molecule has 0 saturated heterocycles. The molecule has 1 unspecified atom stereocenters. The molecule has 1 nitrogen and oxygen atoms in total. The first-order valence-electron chi connectivity index (χ1n) is 1.22. The van der Waals surface area contributed by atoms with Crippen molar-refractivity contribution in [2.75, 3.05) is 12.9 Å². The van der Waals surface area contributed by atoms with Crippen LogP contribution in [0.15, 0.2) is 0 Å². The van der Waals surface area contributed by atoms with Crippen LogP contribution in [0, 0.1) is 0 Å². The monoisotopic (exact) mass is 109 g/mol. The summed E-state index contributed by atoms with van der Waals surface area (Å²) in [6.45, 7) is 1.69. The summed E-state index contributed by atoms with van der Waals surface area (Å²) in [4.78, 5) is 0. The molecule has 0 amide bonds. The Morgan fingerprint density at radius 2 is 2.00 bits per heavy atom. The number of hydrogen-bond donors (Lipinski definition) is 0. The highest BCUT2D eigenvalue weighted by atomic mass is 32.7. The molecule has 0 aromatic rings. The van der Waals surface area contributed by atoms with Crippen LogP contribution in [0.25, 0.3) is 0 Å². The van der Waals surface area contributed by atoms with Gasteiger partial charge in [-0.05, 0) is 6.26 Å². The lowest BCUT2D eigenvalue weighted by atomic mass is 12.0. The molecule has 0 N–H and O–H groups in total. The minimum absolute atomic E-state index is 0.932. The van der Waals surface area contributed by atoms with Crippen molar-refractivity contribution in [2.45, 2.75) is 0 Å². The van der Waals surface area contributed by atoms with Gasteiger partial charge in [0.15, 0.2) is 0 Å². The molecule has 0 aliphatic heterocycles. The predicted molar refractivity (Wildman–Crippen MR) is 27.0 cm³/mol. The van der Waals surface area contributed by atoms with Crippen LogP contribution in [0.5, 0.6) is 0 Å². The molecule has 0 aromatic heterocycles. The van der Waals surface area contributed by atoms with Gasteiger partial charge in [-0.3, -0.25) is 4.57 Å². The highest BCUT2D eigenvalue weighted by molar-refractivity contribution is 8.51. The maximum Gasteiger partial charge on any atom is 0.129 e. The number of hydrogen-bond acceptors (Lipinski definition) is 2. The first-order valence-corrected chi connectivity index (χ1v) is 4.76. The van der Waals surface area contributed by atoms with Crippen molar-refractivity contribution >= 4 is 18.4 Å². The second kappa shape index (κ2) is 2.67. The first kappa shape index (κ1) is 5.45. The van der Waals surface area contributed by atoms with Crippen LogP contribution >= 0.6 is 18.4 Å². The lowest BCUT2D eigenvalue weighted by Crippen LogP contribution is -1.34. The van der Waals surface area contributed by atoms with Gasteiger partial charge in [-0.1, -0.05) is 11.4 Å². The van der Waals surface area contributed by atoms with Crippen LogP contribution in [-0.2, 0) is 4.57 Å². The fourth-order valence-electron chi connectivity index (χ4n) is 0. The van der Waals surface area contributed by atoms with E-state index in [0.29, 0.717) is 0 Å². The minimum Gasteiger partial charge on any atom is -0.276 e. The van der Waals surface area contributed by atoms with Crippen LogP contribution in [0.2, 0.25) is 0 Å². The Kier molecular flexibility index (Phi) is 2.92. The van der Waals surface area contributed by atoms with E-state index in [1.54, 1.807) is 6.66 Å². The first-order chi connectivity index (χ1) is 2.27. The van der Waals surface area contributed by atoms with Crippen molar-refractivity contribution in [3.63, 3.8) is 0 Å². The van der Waals surface area contributed by atoms with Crippen LogP contribution in [0.4, 0.5) is 0 Å². The van der Waals surface area contributed by atoms with Gasteiger partial charge >= 0.3 is 0 Å². The summed E-state index contributed by atoms with van der Waals surface area (Å²) >= 11 is 1.39. The summed E-state index contributed by atoms with van der Waals surface area (Å²) in [6.07, 6.45) is 1.83. The third kappa shape index (κ3) is 4.45. The molecule has 0 aliphatic carbocycles. The van der Waals surface area contributed by atoms with Crippen molar-refractivity contribution < 1.29 is 4.57 Å². The molecule has 1 radical (unpaired) electrons. The van der Waals surface area contributed by atoms with Gasteiger partial charge in [0.25, 0.3) is 0 Å². The van der Waals surface area contributed by atoms with Crippen molar-refractivity contribution in [2.24, 2.45) is 0 Å². The molecule has 0 fully saturated rings. The van der Waals surface area contributed by atoms with E-state index in [1.165, 1.54) is 11.4 Å². The molecular formula is C2H6OPS. The average Bonchev–Trinajstić information content (AvgIpc) is 1.38. The summed E-state index contributed by atoms with van der Waals surface area (Å²) in [5.74, 6) is 0. The van der Waals surface area contributed by atoms with Gasteiger partial charge in [-0.2, -0.15) is 0 Å². The second-order valence-corrected chi connectivity index (χ2v) is 4.50. The fraction of sp³-hybridized carbons (Fsp3) is 1.00. The van der Waals surface area contributed by atoms with Crippen molar-refractivity contribution in [1.29, 1.82) is 0 Å². The maximum atomic E-state index is 9.92. The molecular weight excluding hydrogens is 103 g/mol. The van der Waals surface area contributed by atoms with Crippen LogP contribution < -0.4 is 0 Å². The van der Waals surface area contributed by atoms with Gasteiger partial charge < -0.3 is 0 Å².